The van der Waals surface area contributed by atoms with E-state index in [1.54, 1.807) is 11.3 Å². The van der Waals surface area contributed by atoms with Gasteiger partial charge in [0.25, 0.3) is 0 Å². The van der Waals surface area contributed by atoms with Crippen LogP contribution in [-0.2, 0) is 6.54 Å². The van der Waals surface area contributed by atoms with Gasteiger partial charge in [-0.05, 0) is 36.8 Å². The van der Waals surface area contributed by atoms with E-state index < -0.39 is 0 Å². The van der Waals surface area contributed by atoms with E-state index in [0.29, 0.717) is 12.0 Å². The largest absolute Gasteiger partial charge is 0.327 e. The maximum Gasteiger partial charge on any atom is 0.123 e. The highest BCUT2D eigenvalue weighted by atomic mass is 79.9. The van der Waals surface area contributed by atoms with E-state index >= 15 is 0 Å². The Bertz CT molecular complexity index is 677. The predicted octanol–water partition coefficient (Wildman–Crippen LogP) is 4.16. The summed E-state index contributed by atoms with van der Waals surface area (Å²) in [5.41, 5.74) is 8.60. The standard InChI is InChI=1S/C17H20BrN3S.ClH/c18-13-3-1-2-11(6-13)17-20-14(10-22-17)8-21-7-12-4-5-16(19)15(12)9-21;/h1-3,6,10,12,15-16H,4-5,7-9,19H2;1H. The molecule has 1 aliphatic heterocycles. The van der Waals surface area contributed by atoms with Crippen molar-refractivity contribution < 1.29 is 0 Å². The maximum atomic E-state index is 6.23. The zero-order valence-electron chi connectivity index (χ0n) is 12.8. The maximum absolute atomic E-state index is 6.23. The second kappa shape index (κ2) is 7.19. The smallest absolute Gasteiger partial charge is 0.123 e. The lowest BCUT2D eigenvalue weighted by Crippen LogP contribution is -2.30. The lowest BCUT2D eigenvalue weighted by Gasteiger charge is -2.17. The molecule has 0 bridgehead atoms. The highest BCUT2D eigenvalue weighted by Crippen LogP contribution is 2.37. The lowest BCUT2D eigenvalue weighted by molar-refractivity contribution is 0.295. The van der Waals surface area contributed by atoms with Crippen LogP contribution in [0.15, 0.2) is 34.1 Å². The number of aromatic nitrogens is 1. The summed E-state index contributed by atoms with van der Waals surface area (Å²) in [5, 5.41) is 3.30. The molecule has 4 rings (SSSR count). The third-order valence-electron chi connectivity index (χ3n) is 5.00. The Balaban J connectivity index is 0.00000156. The van der Waals surface area contributed by atoms with Crippen molar-refractivity contribution >= 4 is 39.7 Å². The van der Waals surface area contributed by atoms with Gasteiger partial charge in [0.2, 0.25) is 0 Å². The van der Waals surface area contributed by atoms with Crippen LogP contribution in [0.4, 0.5) is 0 Å². The average molecular weight is 415 g/mol. The van der Waals surface area contributed by atoms with E-state index in [1.807, 2.05) is 6.07 Å². The van der Waals surface area contributed by atoms with Crippen molar-refractivity contribution in [3.05, 3.63) is 39.8 Å². The first-order valence-corrected chi connectivity index (χ1v) is 9.54. The van der Waals surface area contributed by atoms with E-state index in [1.165, 1.54) is 30.6 Å². The number of fused-ring (bicyclic) bond motifs is 1. The van der Waals surface area contributed by atoms with Gasteiger partial charge < -0.3 is 5.73 Å². The number of nitrogens with two attached hydrogens (primary N) is 1. The number of nitrogens with zero attached hydrogens (tertiary/aromatic N) is 2. The van der Waals surface area contributed by atoms with Crippen LogP contribution in [0.3, 0.4) is 0 Å². The van der Waals surface area contributed by atoms with Crippen molar-refractivity contribution in [1.29, 1.82) is 0 Å². The fraction of sp³-hybridized carbons (Fsp3) is 0.471. The topological polar surface area (TPSA) is 42.1 Å². The van der Waals surface area contributed by atoms with Gasteiger partial charge in [-0.3, -0.25) is 4.90 Å². The number of hydrogen-bond donors (Lipinski definition) is 1. The number of hydrogen-bond acceptors (Lipinski definition) is 4. The number of benzene rings is 1. The van der Waals surface area contributed by atoms with Crippen LogP contribution in [0, 0.1) is 11.8 Å². The number of rotatable bonds is 3. The SMILES string of the molecule is Cl.NC1CCC2CN(Cc3csc(-c4cccc(Br)c4)n3)CC12. The Hall–Kier alpha value is -0.460. The van der Waals surface area contributed by atoms with Crippen molar-refractivity contribution in [1.82, 2.24) is 9.88 Å². The lowest BCUT2D eigenvalue weighted by atomic mass is 9.98. The van der Waals surface area contributed by atoms with Crippen molar-refractivity contribution in [3.63, 3.8) is 0 Å². The summed E-state index contributed by atoms with van der Waals surface area (Å²) in [5.74, 6) is 1.53. The quantitative estimate of drug-likeness (QED) is 0.820. The molecule has 2 aliphatic rings. The second-order valence-electron chi connectivity index (χ2n) is 6.51. The number of likely N-dealkylation sites (tertiary alicyclic amines) is 1. The minimum Gasteiger partial charge on any atom is -0.327 e. The Labute approximate surface area is 155 Å². The van der Waals surface area contributed by atoms with Crippen LogP contribution >= 0.6 is 39.7 Å². The van der Waals surface area contributed by atoms with Crippen LogP contribution in [-0.4, -0.2) is 29.0 Å². The summed E-state index contributed by atoms with van der Waals surface area (Å²) in [6.45, 7) is 3.31. The second-order valence-corrected chi connectivity index (χ2v) is 8.29. The summed E-state index contributed by atoms with van der Waals surface area (Å²) in [7, 11) is 0. The Morgan fingerprint density at radius 3 is 2.96 bits per heavy atom. The Morgan fingerprint density at radius 1 is 1.30 bits per heavy atom. The molecule has 1 aliphatic carbocycles. The van der Waals surface area contributed by atoms with E-state index in [0.717, 1.165) is 28.5 Å². The minimum absolute atomic E-state index is 0. The molecule has 23 heavy (non-hydrogen) atoms. The first-order chi connectivity index (χ1) is 10.7. The molecule has 1 aromatic carbocycles. The zero-order chi connectivity index (χ0) is 15.1. The van der Waals surface area contributed by atoms with Crippen LogP contribution in [0.25, 0.3) is 10.6 Å². The highest BCUT2D eigenvalue weighted by molar-refractivity contribution is 9.10. The molecule has 1 saturated carbocycles. The number of halogens is 2. The fourth-order valence-electron chi connectivity index (χ4n) is 3.89. The Morgan fingerprint density at radius 2 is 2.17 bits per heavy atom. The van der Waals surface area contributed by atoms with Crippen molar-refractivity contribution in [3.8, 4) is 10.6 Å². The molecule has 1 saturated heterocycles. The molecule has 3 nitrogen and oxygen atoms in total. The number of thiazole rings is 1. The van der Waals surface area contributed by atoms with Crippen molar-refractivity contribution in [2.24, 2.45) is 17.6 Å². The fourth-order valence-corrected chi connectivity index (χ4v) is 5.10. The normalized spacial score (nSPS) is 27.0. The predicted molar refractivity (Wildman–Crippen MR) is 102 cm³/mol. The van der Waals surface area contributed by atoms with Gasteiger partial charge in [-0.15, -0.1) is 23.7 Å². The molecule has 0 amide bonds. The molecule has 3 unspecified atom stereocenters. The molecular weight excluding hydrogens is 394 g/mol. The molecule has 0 radical (unpaired) electrons. The molecule has 2 N–H and O–H groups in total. The monoisotopic (exact) mass is 413 g/mol. The molecule has 2 aromatic rings. The molecule has 6 heteroatoms. The molecule has 0 spiro atoms. The Kier molecular flexibility index (Phi) is 5.43. The van der Waals surface area contributed by atoms with E-state index in [2.05, 4.69) is 44.4 Å². The van der Waals surface area contributed by atoms with Gasteiger partial charge in [0.1, 0.15) is 5.01 Å². The van der Waals surface area contributed by atoms with Gasteiger partial charge in [0, 0.05) is 41.1 Å². The van der Waals surface area contributed by atoms with E-state index in [-0.39, 0.29) is 12.4 Å². The van der Waals surface area contributed by atoms with E-state index in [4.69, 9.17) is 10.7 Å². The van der Waals surface area contributed by atoms with Crippen molar-refractivity contribution in [2.75, 3.05) is 13.1 Å². The third-order valence-corrected chi connectivity index (χ3v) is 6.43. The van der Waals surface area contributed by atoms with Crippen LogP contribution in [0.5, 0.6) is 0 Å². The summed E-state index contributed by atoms with van der Waals surface area (Å²) < 4.78 is 1.10. The highest BCUT2D eigenvalue weighted by Gasteiger charge is 2.40. The molecule has 124 valence electrons. The zero-order valence-corrected chi connectivity index (χ0v) is 16.0. The first kappa shape index (κ1) is 17.4. The summed E-state index contributed by atoms with van der Waals surface area (Å²) in [4.78, 5) is 7.36. The van der Waals surface area contributed by atoms with Gasteiger partial charge >= 0.3 is 0 Å². The van der Waals surface area contributed by atoms with Crippen LogP contribution in [0.2, 0.25) is 0 Å². The molecule has 2 heterocycles. The van der Waals surface area contributed by atoms with E-state index in [9.17, 15) is 0 Å². The van der Waals surface area contributed by atoms with Gasteiger partial charge in [-0.1, -0.05) is 28.1 Å². The average Bonchev–Trinajstić information content (AvgIpc) is 3.18. The van der Waals surface area contributed by atoms with Gasteiger partial charge in [-0.25, -0.2) is 4.98 Å². The van der Waals surface area contributed by atoms with Gasteiger partial charge in [-0.2, -0.15) is 0 Å². The molecule has 3 atom stereocenters. The molecular formula is C17H21BrClN3S. The minimum atomic E-state index is 0. The van der Waals surface area contributed by atoms with Gasteiger partial charge in [0.15, 0.2) is 0 Å². The van der Waals surface area contributed by atoms with Crippen LogP contribution in [0.1, 0.15) is 18.5 Å². The van der Waals surface area contributed by atoms with Gasteiger partial charge in [0.05, 0.1) is 5.69 Å². The molecule has 2 fully saturated rings. The van der Waals surface area contributed by atoms with Crippen LogP contribution < -0.4 is 5.73 Å². The first-order valence-electron chi connectivity index (χ1n) is 7.87. The summed E-state index contributed by atoms with van der Waals surface area (Å²) >= 11 is 5.26. The summed E-state index contributed by atoms with van der Waals surface area (Å²) in [6.07, 6.45) is 2.52. The molecule has 1 aromatic heterocycles. The third kappa shape index (κ3) is 3.64. The summed E-state index contributed by atoms with van der Waals surface area (Å²) in [6, 6.07) is 8.77. The van der Waals surface area contributed by atoms with Crippen molar-refractivity contribution in [2.45, 2.75) is 25.4 Å².